The summed E-state index contributed by atoms with van der Waals surface area (Å²) in [5.74, 6) is -0.249. The molecule has 7 heteroatoms. The van der Waals surface area contributed by atoms with Gasteiger partial charge in [0.25, 0.3) is 5.69 Å². The molecule has 0 saturated heterocycles. The molecule has 0 aliphatic heterocycles. The van der Waals surface area contributed by atoms with E-state index >= 15 is 0 Å². The normalized spacial score (nSPS) is 11.0. The molecule has 0 aliphatic carbocycles. The van der Waals surface area contributed by atoms with Gasteiger partial charge in [0.1, 0.15) is 5.69 Å². The number of carbonyl (C=O) groups excluding carboxylic acids is 1. The number of nitro groups is 1. The van der Waals surface area contributed by atoms with Crippen LogP contribution in [0.1, 0.15) is 21.7 Å². The molecule has 0 amide bonds. The minimum Gasteiger partial charge on any atom is -0.288 e. The summed E-state index contributed by atoms with van der Waals surface area (Å²) in [6, 6.07) is 5.73. The topological polar surface area (TPSA) is 78.0 Å². The summed E-state index contributed by atoms with van der Waals surface area (Å²) >= 11 is 5.96. The monoisotopic (exact) mass is 305 g/mol. The van der Waals surface area contributed by atoms with Gasteiger partial charge in [0.05, 0.1) is 10.6 Å². The molecule has 2 aromatic rings. The molecule has 0 radical (unpaired) electrons. The average Bonchev–Trinajstić information content (AvgIpc) is 2.76. The molecular formula is C14H12ClN3O3. The summed E-state index contributed by atoms with van der Waals surface area (Å²) in [6.45, 7) is 1.79. The molecule has 1 aromatic heterocycles. The van der Waals surface area contributed by atoms with Crippen LogP contribution >= 0.6 is 11.6 Å². The summed E-state index contributed by atoms with van der Waals surface area (Å²) in [4.78, 5) is 22.3. The van der Waals surface area contributed by atoms with Crippen molar-refractivity contribution in [1.82, 2.24) is 9.78 Å². The summed E-state index contributed by atoms with van der Waals surface area (Å²) in [5, 5.41) is 15.2. The Morgan fingerprint density at radius 1 is 1.43 bits per heavy atom. The van der Waals surface area contributed by atoms with Gasteiger partial charge in [-0.1, -0.05) is 11.6 Å². The number of ketones is 1. The van der Waals surface area contributed by atoms with Gasteiger partial charge in [-0.15, -0.1) is 0 Å². The lowest BCUT2D eigenvalue weighted by Crippen LogP contribution is -2.03. The van der Waals surface area contributed by atoms with Gasteiger partial charge in [-0.05, 0) is 36.8 Å². The van der Waals surface area contributed by atoms with Crippen molar-refractivity contribution in [2.45, 2.75) is 6.92 Å². The maximum Gasteiger partial charge on any atom is 0.270 e. The Bertz CT molecular complexity index is 750. The molecule has 0 unspecified atom stereocenters. The Hall–Kier alpha value is -2.47. The van der Waals surface area contributed by atoms with E-state index in [9.17, 15) is 14.9 Å². The van der Waals surface area contributed by atoms with E-state index in [1.807, 2.05) is 0 Å². The quantitative estimate of drug-likeness (QED) is 0.376. The molecule has 0 saturated carbocycles. The van der Waals surface area contributed by atoms with Crippen LogP contribution in [0.3, 0.4) is 0 Å². The molecule has 0 spiro atoms. The van der Waals surface area contributed by atoms with Crippen molar-refractivity contribution in [2.24, 2.45) is 7.05 Å². The smallest absolute Gasteiger partial charge is 0.270 e. The molecule has 0 fully saturated rings. The van der Waals surface area contributed by atoms with Crippen LogP contribution in [0.25, 0.3) is 6.08 Å². The van der Waals surface area contributed by atoms with E-state index in [-0.39, 0.29) is 11.5 Å². The fourth-order valence-electron chi connectivity index (χ4n) is 1.86. The van der Waals surface area contributed by atoms with Gasteiger partial charge >= 0.3 is 0 Å². The zero-order chi connectivity index (χ0) is 15.6. The summed E-state index contributed by atoms with van der Waals surface area (Å²) < 4.78 is 1.48. The van der Waals surface area contributed by atoms with Crippen LogP contribution in [-0.4, -0.2) is 20.5 Å². The second-order valence-electron chi connectivity index (χ2n) is 4.46. The number of carbonyl (C=O) groups is 1. The highest BCUT2D eigenvalue weighted by molar-refractivity contribution is 6.32. The van der Waals surface area contributed by atoms with E-state index in [1.165, 1.54) is 35.0 Å². The lowest BCUT2D eigenvalue weighted by Gasteiger charge is -1.99. The molecule has 2 rings (SSSR count). The number of hydrogen-bond acceptors (Lipinski definition) is 4. The first-order valence-electron chi connectivity index (χ1n) is 6.05. The minimum atomic E-state index is -0.514. The third-order valence-electron chi connectivity index (χ3n) is 2.86. The predicted octanol–water partition coefficient (Wildman–Crippen LogP) is 3.19. The third-order valence-corrected chi connectivity index (χ3v) is 3.20. The second kappa shape index (κ2) is 5.88. The number of aryl methyl sites for hydroxylation is 2. The zero-order valence-corrected chi connectivity index (χ0v) is 12.2. The zero-order valence-electron chi connectivity index (χ0n) is 11.4. The van der Waals surface area contributed by atoms with Crippen LogP contribution in [0.5, 0.6) is 0 Å². The first-order chi connectivity index (χ1) is 9.88. The van der Waals surface area contributed by atoms with E-state index in [4.69, 9.17) is 11.6 Å². The molecular weight excluding hydrogens is 294 g/mol. The molecule has 6 nitrogen and oxygen atoms in total. The van der Waals surface area contributed by atoms with Gasteiger partial charge in [-0.25, -0.2) is 0 Å². The number of allylic oxidation sites excluding steroid dienone is 1. The molecule has 21 heavy (non-hydrogen) atoms. The van der Waals surface area contributed by atoms with Crippen LogP contribution in [0, 0.1) is 17.0 Å². The van der Waals surface area contributed by atoms with Crippen molar-refractivity contribution < 1.29 is 9.72 Å². The largest absolute Gasteiger partial charge is 0.288 e. The highest BCUT2D eigenvalue weighted by atomic mass is 35.5. The number of nitro benzene ring substituents is 1. The molecule has 0 bridgehead atoms. The van der Waals surface area contributed by atoms with Crippen LogP contribution in [-0.2, 0) is 7.05 Å². The fourth-order valence-corrected chi connectivity index (χ4v) is 2.05. The fraction of sp³-hybridized carbons (Fsp3) is 0.143. The minimum absolute atomic E-state index is 0.0807. The van der Waals surface area contributed by atoms with Crippen LogP contribution in [0.4, 0.5) is 5.69 Å². The lowest BCUT2D eigenvalue weighted by atomic mass is 10.1. The maximum atomic E-state index is 12.1. The Balaban J connectivity index is 2.29. The average molecular weight is 306 g/mol. The highest BCUT2D eigenvalue weighted by Crippen LogP contribution is 2.23. The SMILES string of the molecule is Cc1cc(C(=O)/C=C/c2cc([N+](=O)[O-])ccc2Cl)n(C)n1. The van der Waals surface area contributed by atoms with Crippen molar-refractivity contribution in [1.29, 1.82) is 0 Å². The number of non-ortho nitro benzene ring substituents is 1. The number of benzene rings is 1. The number of halogens is 1. The van der Waals surface area contributed by atoms with Crippen molar-refractivity contribution in [3.8, 4) is 0 Å². The number of rotatable bonds is 4. The summed E-state index contributed by atoms with van der Waals surface area (Å²) in [6.07, 6.45) is 2.78. The second-order valence-corrected chi connectivity index (χ2v) is 4.86. The molecule has 0 aliphatic rings. The Labute approximate surface area is 125 Å². The highest BCUT2D eigenvalue weighted by Gasteiger charge is 2.11. The first kappa shape index (κ1) is 14.9. The molecule has 0 N–H and O–H groups in total. The van der Waals surface area contributed by atoms with Crippen molar-refractivity contribution >= 4 is 29.1 Å². The maximum absolute atomic E-state index is 12.1. The van der Waals surface area contributed by atoms with Gasteiger partial charge in [-0.2, -0.15) is 5.10 Å². The van der Waals surface area contributed by atoms with Gasteiger partial charge < -0.3 is 0 Å². The number of nitrogens with zero attached hydrogens (tertiary/aromatic N) is 3. The third kappa shape index (κ3) is 3.35. The molecule has 1 heterocycles. The Morgan fingerprint density at radius 2 is 2.14 bits per heavy atom. The molecule has 0 atom stereocenters. The van der Waals surface area contributed by atoms with Crippen molar-refractivity contribution in [3.63, 3.8) is 0 Å². The standard InChI is InChI=1S/C14H12ClN3O3/c1-9-7-13(17(2)16-9)14(19)6-3-10-8-11(18(20)21)4-5-12(10)15/h3-8H,1-2H3/b6-3+. The predicted molar refractivity (Wildman–Crippen MR) is 79.4 cm³/mol. The van der Waals surface area contributed by atoms with Crippen LogP contribution in [0.15, 0.2) is 30.3 Å². The summed E-state index contributed by atoms with van der Waals surface area (Å²) in [5.41, 5.74) is 1.51. The Morgan fingerprint density at radius 3 is 2.71 bits per heavy atom. The van der Waals surface area contributed by atoms with Crippen LogP contribution in [0.2, 0.25) is 5.02 Å². The van der Waals surface area contributed by atoms with E-state index < -0.39 is 4.92 Å². The van der Waals surface area contributed by atoms with Crippen molar-refractivity contribution in [3.05, 3.63) is 62.4 Å². The van der Waals surface area contributed by atoms with Gasteiger partial charge in [-0.3, -0.25) is 19.6 Å². The van der Waals surface area contributed by atoms with E-state index in [0.29, 0.717) is 16.3 Å². The van der Waals surface area contributed by atoms with Crippen molar-refractivity contribution in [2.75, 3.05) is 0 Å². The van der Waals surface area contributed by atoms with Crippen LogP contribution < -0.4 is 0 Å². The van der Waals surface area contributed by atoms with Gasteiger partial charge in [0.2, 0.25) is 5.78 Å². The lowest BCUT2D eigenvalue weighted by molar-refractivity contribution is -0.384. The summed E-state index contributed by atoms with van der Waals surface area (Å²) in [7, 11) is 1.68. The first-order valence-corrected chi connectivity index (χ1v) is 6.43. The van der Waals surface area contributed by atoms with E-state index in [0.717, 1.165) is 5.69 Å². The molecule has 1 aromatic carbocycles. The molecule has 108 valence electrons. The Kier molecular flexibility index (Phi) is 4.18. The van der Waals surface area contributed by atoms with E-state index in [2.05, 4.69) is 5.10 Å². The number of aromatic nitrogens is 2. The van der Waals surface area contributed by atoms with E-state index in [1.54, 1.807) is 20.0 Å². The van der Waals surface area contributed by atoms with Gasteiger partial charge in [0.15, 0.2) is 0 Å². The number of hydrogen-bond donors (Lipinski definition) is 0. The van der Waals surface area contributed by atoms with Gasteiger partial charge in [0, 0.05) is 24.2 Å².